The Hall–Kier alpha value is -7.70. The molecule has 0 N–H and O–H groups in total. The highest BCUT2D eigenvalue weighted by Gasteiger charge is 2.29. The largest absolute Gasteiger partial charge is 0.456 e. The molecule has 0 saturated carbocycles. The van der Waals surface area contributed by atoms with Crippen LogP contribution in [0.5, 0.6) is 0 Å². The van der Waals surface area contributed by atoms with Crippen molar-refractivity contribution in [2.45, 2.75) is 6.17 Å². The Morgan fingerprint density at radius 3 is 1.95 bits per heavy atom. The summed E-state index contributed by atoms with van der Waals surface area (Å²) in [5, 5.41) is 6.70. The number of aliphatic imine (C=N–C) groups is 2. The molecule has 6 nitrogen and oxygen atoms in total. The van der Waals surface area contributed by atoms with Crippen LogP contribution in [0.1, 0.15) is 22.9 Å². The minimum absolute atomic E-state index is 0.349. The summed E-state index contributed by atoms with van der Waals surface area (Å²) in [5.41, 5.74) is 11.9. The summed E-state index contributed by atoms with van der Waals surface area (Å²) in [6, 6.07) is 63.5. The van der Waals surface area contributed by atoms with Crippen molar-refractivity contribution in [3.05, 3.63) is 199 Å². The predicted octanol–water partition coefficient (Wildman–Crippen LogP) is 13.1. The molecule has 0 saturated heterocycles. The molecule has 8 aromatic carbocycles. The van der Waals surface area contributed by atoms with Crippen LogP contribution < -0.4 is 0 Å². The van der Waals surface area contributed by atoms with Crippen molar-refractivity contribution in [1.82, 2.24) is 9.47 Å². The van der Waals surface area contributed by atoms with Crippen LogP contribution in [0, 0.1) is 0 Å². The van der Waals surface area contributed by atoms with Gasteiger partial charge in [-0.05, 0) is 48.0 Å². The molecule has 11 aromatic rings. The van der Waals surface area contributed by atoms with Gasteiger partial charge in [0.25, 0.3) is 0 Å². The second-order valence-corrected chi connectivity index (χ2v) is 15.0. The number of amidine groups is 2. The van der Waals surface area contributed by atoms with E-state index in [9.17, 15) is 0 Å². The summed E-state index contributed by atoms with van der Waals surface area (Å²) in [7, 11) is 2.07. The summed E-state index contributed by atoms with van der Waals surface area (Å²) in [5.74, 6) is 1.56. The first-order valence-corrected chi connectivity index (χ1v) is 19.6. The number of benzene rings is 8. The first-order valence-electron chi connectivity index (χ1n) is 19.6. The standard InChI is InChI=1S/C52H34N4O2/c1-55-51(33-16-6-3-7-17-33)53-50(32-14-4-2-5-15-32)54-52(55)41-22-13-25-46-48(41)42-30-34(26-29-45(42)57-46)36-20-12-21-40-39-28-27-35(31-47(39)58-49(36)40)56-43-23-10-8-18-37(43)38-19-9-11-24-44(38)56/h2-31,52H,1H3. The lowest BCUT2D eigenvalue weighted by Gasteiger charge is -2.32. The monoisotopic (exact) mass is 746 g/mol. The van der Waals surface area contributed by atoms with Crippen LogP contribution in [0.25, 0.3) is 82.5 Å². The molecule has 58 heavy (non-hydrogen) atoms. The Morgan fingerprint density at radius 1 is 0.483 bits per heavy atom. The summed E-state index contributed by atoms with van der Waals surface area (Å²) >= 11 is 0. The van der Waals surface area contributed by atoms with Gasteiger partial charge in [-0.25, -0.2) is 9.98 Å². The van der Waals surface area contributed by atoms with E-state index in [0.717, 1.165) is 83.2 Å². The fourth-order valence-corrected chi connectivity index (χ4v) is 8.98. The van der Waals surface area contributed by atoms with Gasteiger partial charge in [0.15, 0.2) is 12.0 Å². The molecule has 1 aliphatic heterocycles. The Kier molecular flexibility index (Phi) is 7.10. The van der Waals surface area contributed by atoms with Crippen LogP contribution >= 0.6 is 0 Å². The number of hydrogen-bond donors (Lipinski definition) is 0. The molecule has 0 fully saturated rings. The third kappa shape index (κ3) is 4.91. The van der Waals surface area contributed by atoms with E-state index in [1.54, 1.807) is 0 Å². The molecule has 0 spiro atoms. The molecule has 3 aromatic heterocycles. The summed E-state index contributed by atoms with van der Waals surface area (Å²) in [4.78, 5) is 12.6. The van der Waals surface area contributed by atoms with E-state index in [1.807, 2.05) is 42.5 Å². The molecule has 274 valence electrons. The predicted molar refractivity (Wildman–Crippen MR) is 237 cm³/mol. The van der Waals surface area contributed by atoms with Crippen LogP contribution in [-0.4, -0.2) is 28.2 Å². The van der Waals surface area contributed by atoms with Gasteiger partial charge in [0.05, 0.1) is 11.0 Å². The molecule has 1 unspecified atom stereocenters. The fourth-order valence-electron chi connectivity index (χ4n) is 8.98. The number of aromatic nitrogens is 1. The van der Waals surface area contributed by atoms with Crippen molar-refractivity contribution >= 4 is 77.4 Å². The van der Waals surface area contributed by atoms with Crippen molar-refractivity contribution in [3.63, 3.8) is 0 Å². The molecule has 4 heterocycles. The van der Waals surface area contributed by atoms with E-state index in [-0.39, 0.29) is 6.17 Å². The van der Waals surface area contributed by atoms with Gasteiger partial charge in [-0.2, -0.15) is 0 Å². The van der Waals surface area contributed by atoms with Gasteiger partial charge in [-0.15, -0.1) is 0 Å². The zero-order valence-corrected chi connectivity index (χ0v) is 31.5. The second kappa shape index (κ2) is 12.7. The molecule has 6 heteroatoms. The highest BCUT2D eigenvalue weighted by atomic mass is 16.3. The molecule has 12 rings (SSSR count). The van der Waals surface area contributed by atoms with Crippen molar-refractivity contribution in [2.75, 3.05) is 7.05 Å². The lowest BCUT2D eigenvalue weighted by Crippen LogP contribution is -2.35. The number of para-hydroxylation sites is 3. The van der Waals surface area contributed by atoms with E-state index in [1.165, 1.54) is 21.8 Å². The number of fused-ring (bicyclic) bond motifs is 9. The Bertz CT molecular complexity index is 3430. The topological polar surface area (TPSA) is 59.2 Å². The summed E-state index contributed by atoms with van der Waals surface area (Å²) in [6.45, 7) is 0. The molecular weight excluding hydrogens is 713 g/mol. The summed E-state index contributed by atoms with van der Waals surface area (Å²) in [6.07, 6.45) is -0.349. The molecule has 0 bridgehead atoms. The molecule has 0 aliphatic carbocycles. The first kappa shape index (κ1) is 32.5. The van der Waals surface area contributed by atoms with Gasteiger partial charge in [0, 0.05) is 73.4 Å². The van der Waals surface area contributed by atoms with E-state index >= 15 is 0 Å². The van der Waals surface area contributed by atoms with E-state index in [4.69, 9.17) is 18.8 Å². The van der Waals surface area contributed by atoms with Crippen LogP contribution in [0.15, 0.2) is 201 Å². The number of furan rings is 2. The van der Waals surface area contributed by atoms with E-state index in [0.29, 0.717) is 5.84 Å². The van der Waals surface area contributed by atoms with Gasteiger partial charge in [0.1, 0.15) is 28.2 Å². The Balaban J connectivity index is 1.01. The van der Waals surface area contributed by atoms with E-state index in [2.05, 4.69) is 156 Å². The molecule has 0 radical (unpaired) electrons. The average molecular weight is 747 g/mol. The maximum atomic E-state index is 6.85. The van der Waals surface area contributed by atoms with Crippen LogP contribution in [0.3, 0.4) is 0 Å². The van der Waals surface area contributed by atoms with Gasteiger partial charge < -0.3 is 18.3 Å². The van der Waals surface area contributed by atoms with Crippen LogP contribution in [0.2, 0.25) is 0 Å². The molecule has 1 atom stereocenters. The zero-order valence-electron chi connectivity index (χ0n) is 31.5. The first-order chi connectivity index (χ1) is 28.7. The average Bonchev–Trinajstić information content (AvgIpc) is 3.96. The lowest BCUT2D eigenvalue weighted by molar-refractivity contribution is 0.385. The second-order valence-electron chi connectivity index (χ2n) is 15.0. The Labute approximate surface area is 333 Å². The van der Waals surface area contributed by atoms with Gasteiger partial charge in [-0.3, -0.25) is 0 Å². The molecule has 0 amide bonds. The number of rotatable bonds is 5. The number of hydrogen-bond acceptors (Lipinski definition) is 5. The van der Waals surface area contributed by atoms with Gasteiger partial charge >= 0.3 is 0 Å². The quantitative estimate of drug-likeness (QED) is 0.176. The van der Waals surface area contributed by atoms with Crippen molar-refractivity contribution in [2.24, 2.45) is 9.98 Å². The Morgan fingerprint density at radius 2 is 1.17 bits per heavy atom. The molecule has 1 aliphatic rings. The minimum atomic E-state index is -0.349. The maximum absolute atomic E-state index is 6.85. The van der Waals surface area contributed by atoms with Gasteiger partial charge in [-0.1, -0.05) is 133 Å². The highest BCUT2D eigenvalue weighted by Crippen LogP contribution is 2.42. The van der Waals surface area contributed by atoms with Crippen LogP contribution in [0.4, 0.5) is 0 Å². The van der Waals surface area contributed by atoms with Crippen molar-refractivity contribution in [1.29, 1.82) is 0 Å². The molecular formula is C52H34N4O2. The van der Waals surface area contributed by atoms with E-state index < -0.39 is 0 Å². The SMILES string of the molecule is CN1C(c2ccccc2)=NC(c2ccccc2)=NC1c1cccc2oc3ccc(-c4cccc5c4oc4cc(-n6c7ccccc7c7ccccc76)ccc45)cc3c12. The van der Waals surface area contributed by atoms with Crippen molar-refractivity contribution < 1.29 is 8.83 Å². The lowest BCUT2D eigenvalue weighted by atomic mass is 9.98. The maximum Gasteiger partial charge on any atom is 0.159 e. The zero-order chi connectivity index (χ0) is 38.3. The summed E-state index contributed by atoms with van der Waals surface area (Å²) < 4.78 is 15.7. The van der Waals surface area contributed by atoms with Gasteiger partial charge in [0.2, 0.25) is 0 Å². The number of nitrogens with zero attached hydrogens (tertiary/aromatic N) is 4. The van der Waals surface area contributed by atoms with Crippen molar-refractivity contribution in [3.8, 4) is 16.8 Å². The third-order valence-electron chi connectivity index (χ3n) is 11.7. The minimum Gasteiger partial charge on any atom is -0.456 e. The van der Waals surface area contributed by atoms with Crippen LogP contribution in [-0.2, 0) is 0 Å². The third-order valence-corrected chi connectivity index (χ3v) is 11.7. The fraction of sp³-hybridized carbons (Fsp3) is 0.0385. The smallest absolute Gasteiger partial charge is 0.159 e. The highest BCUT2D eigenvalue weighted by molar-refractivity contribution is 6.15. The normalized spacial score (nSPS) is 14.6.